The molecule has 0 amide bonds. The molecule has 0 aliphatic rings. The lowest BCUT2D eigenvalue weighted by atomic mass is 10.1. The van der Waals surface area contributed by atoms with Crippen molar-refractivity contribution in [2.45, 2.75) is 0 Å². The molecule has 8 nitrogen and oxygen atoms in total. The van der Waals surface area contributed by atoms with Gasteiger partial charge in [-0.05, 0) is 72.8 Å². The van der Waals surface area contributed by atoms with Crippen molar-refractivity contribution in [3.8, 4) is 29.2 Å². The van der Waals surface area contributed by atoms with Gasteiger partial charge in [-0.15, -0.1) is 0 Å². The van der Waals surface area contributed by atoms with Crippen LogP contribution in [-0.4, -0.2) is 37.8 Å². The number of hydrogen-bond acceptors (Lipinski definition) is 3. The predicted octanol–water partition coefficient (Wildman–Crippen LogP) is 13.1. The first-order valence-corrected chi connectivity index (χ1v) is 21.2. The van der Waals surface area contributed by atoms with Crippen LogP contribution in [0.2, 0.25) is 0 Å². The van der Waals surface area contributed by atoms with Crippen molar-refractivity contribution in [3.63, 3.8) is 0 Å². The summed E-state index contributed by atoms with van der Waals surface area (Å²) in [5, 5.41) is 9.11. The molecule has 6 aromatic heterocycles. The van der Waals surface area contributed by atoms with Crippen molar-refractivity contribution in [2.75, 3.05) is 0 Å². The van der Waals surface area contributed by atoms with Gasteiger partial charge in [0.15, 0.2) is 0 Å². The van der Waals surface area contributed by atoms with Gasteiger partial charge in [0.05, 0.1) is 44.1 Å². The molecule has 0 radical (unpaired) electrons. The Labute approximate surface area is 359 Å². The van der Waals surface area contributed by atoms with E-state index in [1.54, 1.807) is 0 Å². The third-order valence-corrected chi connectivity index (χ3v) is 12.8. The highest BCUT2D eigenvalue weighted by Gasteiger charge is 2.25. The second-order valence-electron chi connectivity index (χ2n) is 16.1. The highest BCUT2D eigenvalue weighted by Crippen LogP contribution is 2.41. The normalized spacial score (nSPS) is 12.1. The van der Waals surface area contributed by atoms with Gasteiger partial charge in [-0.1, -0.05) is 121 Å². The first kappa shape index (κ1) is 34.0. The highest BCUT2D eigenvalue weighted by atomic mass is 15.3. The van der Waals surface area contributed by atoms with Gasteiger partial charge in [0.25, 0.3) is 0 Å². The minimum Gasteiger partial charge on any atom is -0.316 e. The van der Waals surface area contributed by atoms with Crippen molar-refractivity contribution in [1.82, 2.24) is 37.8 Å². The molecule has 8 aromatic carbocycles. The van der Waals surface area contributed by atoms with E-state index in [1.807, 2.05) is 0 Å². The average Bonchev–Trinajstić information content (AvgIpc) is 4.17. The van der Waals surface area contributed by atoms with Crippen LogP contribution in [0.25, 0.3) is 116 Å². The Balaban J connectivity index is 1.13. The van der Waals surface area contributed by atoms with Gasteiger partial charge in [0.2, 0.25) is 17.8 Å². The molecular formula is C55H34N8. The van der Waals surface area contributed by atoms with Crippen molar-refractivity contribution < 1.29 is 0 Å². The fraction of sp³-hybridized carbons (Fsp3) is 0. The lowest BCUT2D eigenvalue weighted by molar-refractivity contribution is 0.848. The number of nitrogens with zero attached hydrogens (tertiary/aromatic N) is 8. The first-order valence-electron chi connectivity index (χ1n) is 21.2. The van der Waals surface area contributed by atoms with E-state index in [2.05, 4.69) is 229 Å². The van der Waals surface area contributed by atoms with Crippen LogP contribution in [0.5, 0.6) is 0 Å². The molecule has 294 valence electrons. The molecule has 0 unspecified atom stereocenters. The quantitative estimate of drug-likeness (QED) is 0.174. The van der Waals surface area contributed by atoms with E-state index >= 15 is 0 Å². The fourth-order valence-corrected chi connectivity index (χ4v) is 10.2. The largest absolute Gasteiger partial charge is 0.316 e. The standard InChI is InChI=1S/C55H34N8/c1-3-15-37(16-4-1)59-33-31-35-27-29-47-49(51(35)59)41-21-9-13-25-45(41)62(47)54-56-53(61-43-23-11-7-19-39(43)40-20-8-12-24-44(40)61)57-55(58-54)63-46-26-14-10-22-42(46)50-48(63)30-28-36-32-34-60(52(36)50)38-17-5-2-6-18-38/h1-34H. The lowest BCUT2D eigenvalue weighted by Crippen LogP contribution is -2.13. The molecule has 0 spiro atoms. The molecule has 14 aromatic rings. The lowest BCUT2D eigenvalue weighted by Gasteiger charge is -2.14. The number of hydrogen-bond donors (Lipinski definition) is 0. The number of benzene rings is 8. The van der Waals surface area contributed by atoms with Crippen LogP contribution < -0.4 is 0 Å². The Bertz CT molecular complexity index is 3880. The summed E-state index contributed by atoms with van der Waals surface area (Å²) < 4.78 is 11.2. The maximum Gasteiger partial charge on any atom is 0.241 e. The molecule has 0 N–H and O–H groups in total. The summed E-state index contributed by atoms with van der Waals surface area (Å²) in [5.74, 6) is 1.59. The zero-order valence-corrected chi connectivity index (χ0v) is 33.7. The Morgan fingerprint density at radius 3 is 1.02 bits per heavy atom. The number of aromatic nitrogens is 8. The molecule has 8 heteroatoms. The second-order valence-corrected chi connectivity index (χ2v) is 16.1. The monoisotopic (exact) mass is 806 g/mol. The third kappa shape index (κ3) is 4.77. The summed E-state index contributed by atoms with van der Waals surface area (Å²) in [6.45, 7) is 0. The SMILES string of the molecule is c1ccc(-n2ccc3ccc4c(c5ccccc5n4-c4nc(-n5c6ccccc6c6ccccc65)nc(-n5c6ccccc6c6c7c(ccc65)ccn7-c5ccccc5)n4)c32)cc1. The maximum absolute atomic E-state index is 5.56. The van der Waals surface area contributed by atoms with Crippen LogP contribution in [0.15, 0.2) is 207 Å². The Morgan fingerprint density at radius 2 is 0.603 bits per heavy atom. The molecule has 0 bridgehead atoms. The van der Waals surface area contributed by atoms with Crippen molar-refractivity contribution in [3.05, 3.63) is 207 Å². The number of fused-ring (bicyclic) bond motifs is 13. The summed E-state index contributed by atoms with van der Waals surface area (Å²) in [4.78, 5) is 16.6. The van der Waals surface area contributed by atoms with E-state index in [4.69, 9.17) is 15.0 Å². The van der Waals surface area contributed by atoms with Crippen LogP contribution in [0.1, 0.15) is 0 Å². The van der Waals surface area contributed by atoms with Crippen molar-refractivity contribution in [1.29, 1.82) is 0 Å². The molecule has 0 saturated carbocycles. The molecule has 0 fully saturated rings. The van der Waals surface area contributed by atoms with E-state index in [0.29, 0.717) is 17.8 Å². The average molecular weight is 807 g/mol. The Kier molecular flexibility index (Phi) is 6.95. The van der Waals surface area contributed by atoms with E-state index in [-0.39, 0.29) is 0 Å². The van der Waals surface area contributed by atoms with Gasteiger partial charge in [-0.3, -0.25) is 13.7 Å². The molecule has 6 heterocycles. The summed E-state index contributed by atoms with van der Waals surface area (Å²) in [6.07, 6.45) is 4.33. The molecule has 0 aliphatic heterocycles. The second kappa shape index (κ2) is 12.9. The van der Waals surface area contributed by atoms with Gasteiger partial charge < -0.3 is 9.13 Å². The van der Waals surface area contributed by atoms with Crippen LogP contribution in [-0.2, 0) is 0 Å². The summed E-state index contributed by atoms with van der Waals surface area (Å²) in [7, 11) is 0. The fourth-order valence-electron chi connectivity index (χ4n) is 10.2. The zero-order chi connectivity index (χ0) is 41.2. The first-order chi connectivity index (χ1) is 31.3. The van der Waals surface area contributed by atoms with Crippen LogP contribution >= 0.6 is 0 Å². The van der Waals surface area contributed by atoms with Gasteiger partial charge in [-0.2, -0.15) is 15.0 Å². The van der Waals surface area contributed by atoms with Crippen LogP contribution in [0, 0.1) is 0 Å². The minimum atomic E-state index is 0.528. The molecular weight excluding hydrogens is 773 g/mol. The minimum absolute atomic E-state index is 0.528. The van der Waals surface area contributed by atoms with Crippen molar-refractivity contribution in [2.24, 2.45) is 0 Å². The van der Waals surface area contributed by atoms with Gasteiger partial charge in [0.1, 0.15) is 0 Å². The van der Waals surface area contributed by atoms with Crippen molar-refractivity contribution >= 4 is 87.2 Å². The molecule has 0 saturated heterocycles. The number of para-hydroxylation sites is 6. The number of rotatable bonds is 5. The summed E-state index contributed by atoms with van der Waals surface area (Å²) in [5.41, 5.74) is 10.6. The van der Waals surface area contributed by atoms with Crippen LogP contribution in [0.4, 0.5) is 0 Å². The smallest absolute Gasteiger partial charge is 0.241 e. The molecule has 0 atom stereocenters. The molecule has 14 rings (SSSR count). The molecule has 63 heavy (non-hydrogen) atoms. The Morgan fingerprint density at radius 1 is 0.270 bits per heavy atom. The van der Waals surface area contributed by atoms with Gasteiger partial charge in [0, 0.05) is 66.9 Å². The Hall–Kier alpha value is -8.75. The summed E-state index contributed by atoms with van der Waals surface area (Å²) >= 11 is 0. The van der Waals surface area contributed by atoms with E-state index in [1.165, 1.54) is 0 Å². The topological polar surface area (TPSA) is 63.3 Å². The van der Waals surface area contributed by atoms with Crippen LogP contribution in [0.3, 0.4) is 0 Å². The molecule has 0 aliphatic carbocycles. The van der Waals surface area contributed by atoms with E-state index in [0.717, 1.165) is 98.6 Å². The van der Waals surface area contributed by atoms with Gasteiger partial charge >= 0.3 is 0 Å². The van der Waals surface area contributed by atoms with Gasteiger partial charge in [-0.25, -0.2) is 0 Å². The highest BCUT2D eigenvalue weighted by molar-refractivity contribution is 6.22. The van der Waals surface area contributed by atoms with E-state index in [9.17, 15) is 0 Å². The zero-order valence-electron chi connectivity index (χ0n) is 33.7. The maximum atomic E-state index is 5.56. The third-order valence-electron chi connectivity index (χ3n) is 12.8. The summed E-state index contributed by atoms with van der Waals surface area (Å²) in [6, 6.07) is 68.6. The predicted molar refractivity (Wildman–Crippen MR) is 257 cm³/mol. The van der Waals surface area contributed by atoms with E-state index < -0.39 is 0 Å².